The zero-order valence-corrected chi connectivity index (χ0v) is 16.2. The number of primary amides is 1. The number of hydrogen-bond donors (Lipinski definition) is 3. The fourth-order valence-corrected chi connectivity index (χ4v) is 4.90. The molecule has 0 spiro atoms. The predicted molar refractivity (Wildman–Crippen MR) is 107 cm³/mol. The van der Waals surface area contributed by atoms with Crippen LogP contribution in [0.1, 0.15) is 38.1 Å². The van der Waals surface area contributed by atoms with E-state index in [4.69, 9.17) is 10.2 Å². The van der Waals surface area contributed by atoms with Crippen molar-refractivity contribution >= 4 is 39.1 Å². The fourth-order valence-electron chi connectivity index (χ4n) is 3.58. The molecule has 2 aromatic heterocycles. The van der Waals surface area contributed by atoms with Gasteiger partial charge in [0.25, 0.3) is 11.8 Å². The Morgan fingerprint density at radius 1 is 1.32 bits per heavy atom. The number of nitrogens with two attached hydrogens (primary N) is 1. The largest absolute Gasteiger partial charge is 0.422 e. The van der Waals surface area contributed by atoms with Gasteiger partial charge in [-0.25, -0.2) is 4.79 Å². The van der Waals surface area contributed by atoms with Gasteiger partial charge in [-0.05, 0) is 24.6 Å². The van der Waals surface area contributed by atoms with Crippen LogP contribution < -0.4 is 21.6 Å². The third-order valence-corrected chi connectivity index (χ3v) is 6.24. The van der Waals surface area contributed by atoms with E-state index in [-0.39, 0.29) is 5.56 Å². The van der Waals surface area contributed by atoms with Gasteiger partial charge in [-0.2, -0.15) is 0 Å². The number of amides is 2. The highest BCUT2D eigenvalue weighted by Crippen LogP contribution is 2.34. The van der Waals surface area contributed by atoms with Crippen LogP contribution in [-0.4, -0.2) is 24.9 Å². The summed E-state index contributed by atoms with van der Waals surface area (Å²) in [6, 6.07) is 8.47. The van der Waals surface area contributed by atoms with Gasteiger partial charge in [0.05, 0.1) is 23.5 Å². The smallest absolute Gasteiger partial charge is 0.349 e. The molecular formula is C20H20N3O4S+. The zero-order chi connectivity index (χ0) is 19.8. The molecule has 1 unspecified atom stereocenters. The van der Waals surface area contributed by atoms with Gasteiger partial charge in [-0.15, -0.1) is 11.3 Å². The minimum Gasteiger partial charge on any atom is -0.422 e. The highest BCUT2D eigenvalue weighted by atomic mass is 32.1. The van der Waals surface area contributed by atoms with E-state index in [1.165, 1.54) is 22.3 Å². The lowest BCUT2D eigenvalue weighted by atomic mass is 10.0. The van der Waals surface area contributed by atoms with Crippen molar-refractivity contribution in [2.75, 3.05) is 18.4 Å². The van der Waals surface area contributed by atoms with Gasteiger partial charge in [0, 0.05) is 11.8 Å². The van der Waals surface area contributed by atoms with Crippen molar-refractivity contribution in [3.8, 4) is 0 Å². The molecule has 4 rings (SSSR count). The Balaban J connectivity index is 1.70. The van der Waals surface area contributed by atoms with E-state index >= 15 is 0 Å². The molecule has 0 bridgehead atoms. The average molecular weight is 398 g/mol. The summed E-state index contributed by atoms with van der Waals surface area (Å²) in [6.45, 7) is 4.82. The molecule has 1 aromatic carbocycles. The Bertz CT molecular complexity index is 1150. The van der Waals surface area contributed by atoms with Crippen LogP contribution in [-0.2, 0) is 13.0 Å². The summed E-state index contributed by atoms with van der Waals surface area (Å²) in [6.07, 6.45) is 0.737. The molecular weight excluding hydrogens is 378 g/mol. The van der Waals surface area contributed by atoms with Crippen LogP contribution in [0.4, 0.5) is 5.00 Å². The second-order valence-electron chi connectivity index (χ2n) is 6.79. The molecule has 0 saturated carbocycles. The van der Waals surface area contributed by atoms with Crippen molar-refractivity contribution in [1.29, 1.82) is 0 Å². The van der Waals surface area contributed by atoms with Crippen molar-refractivity contribution in [2.45, 2.75) is 19.9 Å². The molecule has 0 aliphatic carbocycles. The summed E-state index contributed by atoms with van der Waals surface area (Å²) in [5, 5.41) is 3.76. The van der Waals surface area contributed by atoms with Crippen molar-refractivity contribution in [3.05, 3.63) is 62.3 Å². The van der Waals surface area contributed by atoms with Crippen molar-refractivity contribution in [3.63, 3.8) is 0 Å². The van der Waals surface area contributed by atoms with Gasteiger partial charge in [0.1, 0.15) is 22.7 Å². The lowest BCUT2D eigenvalue weighted by Gasteiger charge is -2.22. The number of thiophene rings is 1. The van der Waals surface area contributed by atoms with Crippen LogP contribution in [0, 0.1) is 0 Å². The highest BCUT2D eigenvalue weighted by molar-refractivity contribution is 7.17. The first kappa shape index (κ1) is 18.4. The Hall–Kier alpha value is -2.97. The summed E-state index contributed by atoms with van der Waals surface area (Å²) in [4.78, 5) is 39.5. The molecule has 8 heteroatoms. The minimum absolute atomic E-state index is 0.110. The van der Waals surface area contributed by atoms with E-state index in [0.29, 0.717) is 21.5 Å². The normalized spacial score (nSPS) is 16.0. The maximum Gasteiger partial charge on any atom is 0.349 e. The lowest BCUT2D eigenvalue weighted by molar-refractivity contribution is -0.913. The van der Waals surface area contributed by atoms with E-state index in [9.17, 15) is 14.4 Å². The molecule has 7 nitrogen and oxygen atoms in total. The van der Waals surface area contributed by atoms with Gasteiger partial charge in [0.15, 0.2) is 0 Å². The summed E-state index contributed by atoms with van der Waals surface area (Å²) in [5.74, 6) is -1.18. The number of quaternary nitrogens is 1. The van der Waals surface area contributed by atoms with Crippen LogP contribution in [0.15, 0.2) is 39.5 Å². The molecule has 3 aromatic rings. The number of likely N-dealkylation sites (N-methyl/N-ethyl adjacent to an activating group) is 1. The number of benzene rings is 1. The maximum absolute atomic E-state index is 12.8. The van der Waals surface area contributed by atoms with Crippen LogP contribution in [0.5, 0.6) is 0 Å². The quantitative estimate of drug-likeness (QED) is 0.574. The molecule has 0 fully saturated rings. The van der Waals surface area contributed by atoms with Crippen LogP contribution in [0.2, 0.25) is 0 Å². The molecule has 4 N–H and O–H groups in total. The van der Waals surface area contributed by atoms with Crippen LogP contribution in [0.25, 0.3) is 11.0 Å². The SMILES string of the molecule is CC[NH+]1CCc2c(sc(NC(=O)c3cc4ccccc4oc3=O)c2C(N)=O)C1. The van der Waals surface area contributed by atoms with Gasteiger partial charge in [0.2, 0.25) is 0 Å². The first-order chi connectivity index (χ1) is 13.5. The van der Waals surface area contributed by atoms with Gasteiger partial charge < -0.3 is 20.4 Å². The minimum atomic E-state index is -0.722. The summed E-state index contributed by atoms with van der Waals surface area (Å²) in [5.41, 5.74) is 6.45. The standard InChI is InChI=1S/C20H19N3O4S/c1-2-23-8-7-12-15(10-23)28-19(16(12)17(21)24)22-18(25)13-9-11-5-3-4-6-14(11)27-20(13)26/h3-6,9H,2,7-8,10H2,1H3,(H2,21,24)(H,22,25)/p+1. The fraction of sp³-hybridized carbons (Fsp3) is 0.250. The third-order valence-electron chi connectivity index (χ3n) is 5.09. The van der Waals surface area contributed by atoms with Gasteiger partial charge in [-0.1, -0.05) is 18.2 Å². The topological polar surface area (TPSA) is 107 Å². The molecule has 3 heterocycles. The van der Waals surface area contributed by atoms with Crippen molar-refractivity contribution in [1.82, 2.24) is 0 Å². The van der Waals surface area contributed by atoms with E-state index < -0.39 is 17.4 Å². The zero-order valence-electron chi connectivity index (χ0n) is 15.3. The Morgan fingerprint density at radius 2 is 2.11 bits per heavy atom. The molecule has 1 aliphatic heterocycles. The van der Waals surface area contributed by atoms with Crippen molar-refractivity contribution in [2.24, 2.45) is 5.73 Å². The van der Waals surface area contributed by atoms with E-state index in [2.05, 4.69) is 12.2 Å². The van der Waals surface area contributed by atoms with Crippen molar-refractivity contribution < 1.29 is 18.9 Å². The summed E-state index contributed by atoms with van der Waals surface area (Å²) >= 11 is 1.36. The molecule has 0 saturated heterocycles. The number of rotatable bonds is 4. The summed E-state index contributed by atoms with van der Waals surface area (Å²) < 4.78 is 5.23. The number of carbonyl (C=O) groups is 2. The Labute approximate surface area is 164 Å². The Kier molecular flexibility index (Phi) is 4.74. The predicted octanol–water partition coefficient (Wildman–Crippen LogP) is 1.17. The molecule has 0 radical (unpaired) electrons. The lowest BCUT2D eigenvalue weighted by Crippen LogP contribution is -3.11. The second kappa shape index (κ2) is 7.21. The molecule has 2 amide bonds. The Morgan fingerprint density at radius 3 is 2.86 bits per heavy atom. The monoisotopic (exact) mass is 398 g/mol. The number of anilines is 1. The highest BCUT2D eigenvalue weighted by Gasteiger charge is 2.29. The number of carbonyl (C=O) groups excluding carboxylic acids is 2. The summed E-state index contributed by atoms with van der Waals surface area (Å²) in [7, 11) is 0. The first-order valence-electron chi connectivity index (χ1n) is 9.10. The number of fused-ring (bicyclic) bond motifs is 2. The molecule has 144 valence electrons. The van der Waals surface area contributed by atoms with Gasteiger partial charge >= 0.3 is 5.63 Å². The first-order valence-corrected chi connectivity index (χ1v) is 9.91. The molecule has 28 heavy (non-hydrogen) atoms. The number of nitrogens with one attached hydrogen (secondary N) is 2. The van der Waals surface area contributed by atoms with E-state index in [1.54, 1.807) is 24.3 Å². The van der Waals surface area contributed by atoms with E-state index in [1.807, 2.05) is 0 Å². The maximum atomic E-state index is 12.8. The molecule has 1 atom stereocenters. The number of hydrogen-bond acceptors (Lipinski definition) is 5. The third kappa shape index (κ3) is 3.21. The van der Waals surface area contributed by atoms with Gasteiger partial charge in [-0.3, -0.25) is 9.59 Å². The number of para-hydroxylation sites is 1. The second-order valence-corrected chi connectivity index (χ2v) is 7.90. The van der Waals surface area contributed by atoms with E-state index in [0.717, 1.165) is 36.5 Å². The molecule has 1 aliphatic rings. The van der Waals surface area contributed by atoms with Crippen LogP contribution >= 0.6 is 11.3 Å². The van der Waals surface area contributed by atoms with Crippen LogP contribution in [0.3, 0.4) is 0 Å². The average Bonchev–Trinajstić information content (AvgIpc) is 3.04.